The van der Waals surface area contributed by atoms with Crippen LogP contribution in [0.4, 0.5) is 5.82 Å². The zero-order valence-corrected chi connectivity index (χ0v) is 9.68. The summed E-state index contributed by atoms with van der Waals surface area (Å²) in [5, 5.41) is 15.8. The van der Waals surface area contributed by atoms with Crippen LogP contribution in [0.2, 0.25) is 0 Å². The van der Waals surface area contributed by atoms with Crippen molar-refractivity contribution < 1.29 is 4.79 Å². The van der Waals surface area contributed by atoms with Gasteiger partial charge in [-0.25, -0.2) is 0 Å². The van der Waals surface area contributed by atoms with Gasteiger partial charge in [0.25, 0.3) is 0 Å². The fraction of sp³-hybridized carbons (Fsp3) is 0.583. The second kappa shape index (κ2) is 3.59. The molecule has 88 valence electrons. The number of aryl methyl sites for hydroxylation is 1. The molecule has 17 heavy (non-hydrogen) atoms. The lowest BCUT2D eigenvalue weighted by Gasteiger charge is -2.03. The van der Waals surface area contributed by atoms with E-state index in [-0.39, 0.29) is 11.8 Å². The number of amides is 1. The zero-order valence-electron chi connectivity index (χ0n) is 9.68. The standard InChI is InChI=1S/C12H14N4O/c1-16-6-7(5-13)11(15-16)14-12(17)10-8-3-2-4-9(8)10/h6,8-10H,2-4H2,1H3,(H,14,15,17). The number of nitrogens with zero attached hydrogens (tertiary/aromatic N) is 3. The van der Waals surface area contributed by atoms with Crippen molar-refractivity contribution in [3.05, 3.63) is 11.8 Å². The third kappa shape index (κ3) is 1.60. The summed E-state index contributed by atoms with van der Waals surface area (Å²) < 4.78 is 1.54. The Kier molecular flexibility index (Phi) is 2.18. The smallest absolute Gasteiger partial charge is 0.229 e. The third-order valence-corrected chi connectivity index (χ3v) is 3.90. The van der Waals surface area contributed by atoms with Crippen molar-refractivity contribution in [3.63, 3.8) is 0 Å². The number of hydrogen-bond donors (Lipinski definition) is 1. The monoisotopic (exact) mass is 230 g/mol. The Labute approximate surface area is 99.4 Å². The van der Waals surface area contributed by atoms with Crippen LogP contribution < -0.4 is 5.32 Å². The summed E-state index contributed by atoms with van der Waals surface area (Å²) in [7, 11) is 1.74. The number of nitriles is 1. The van der Waals surface area contributed by atoms with Crippen molar-refractivity contribution in [2.75, 3.05) is 5.32 Å². The van der Waals surface area contributed by atoms with E-state index in [2.05, 4.69) is 10.4 Å². The van der Waals surface area contributed by atoms with E-state index < -0.39 is 0 Å². The molecule has 0 aliphatic heterocycles. The minimum atomic E-state index is 0.0369. The summed E-state index contributed by atoms with van der Waals surface area (Å²) in [5.74, 6) is 1.77. The molecule has 0 saturated heterocycles. The molecular formula is C12H14N4O. The summed E-state index contributed by atoms with van der Waals surface area (Å²) >= 11 is 0. The molecule has 0 radical (unpaired) electrons. The Balaban J connectivity index is 1.71. The number of hydrogen-bond acceptors (Lipinski definition) is 3. The molecule has 2 saturated carbocycles. The van der Waals surface area contributed by atoms with Gasteiger partial charge in [0.1, 0.15) is 11.6 Å². The molecule has 3 rings (SSSR count). The van der Waals surface area contributed by atoms with E-state index in [0.29, 0.717) is 23.2 Å². The van der Waals surface area contributed by atoms with Crippen LogP contribution >= 0.6 is 0 Å². The Hall–Kier alpha value is -1.83. The molecule has 5 nitrogen and oxygen atoms in total. The fourth-order valence-electron chi connectivity index (χ4n) is 3.07. The van der Waals surface area contributed by atoms with E-state index in [1.54, 1.807) is 17.9 Å². The van der Waals surface area contributed by atoms with Crippen LogP contribution in [0, 0.1) is 29.1 Å². The normalized spacial score (nSPS) is 29.5. The maximum absolute atomic E-state index is 12.0. The Bertz CT molecular complexity index is 503. The van der Waals surface area contributed by atoms with E-state index in [0.717, 1.165) is 0 Å². The average Bonchev–Trinajstić information content (AvgIpc) is 2.66. The first kappa shape index (κ1) is 10.3. The summed E-state index contributed by atoms with van der Waals surface area (Å²) in [6.45, 7) is 0. The van der Waals surface area contributed by atoms with Crippen molar-refractivity contribution in [2.45, 2.75) is 19.3 Å². The SMILES string of the molecule is Cn1cc(C#N)c(NC(=O)C2C3CCCC32)n1. The van der Waals surface area contributed by atoms with Crippen LogP contribution in [0.15, 0.2) is 6.20 Å². The van der Waals surface area contributed by atoms with Gasteiger partial charge >= 0.3 is 0 Å². The largest absolute Gasteiger partial charge is 0.308 e. The number of carbonyl (C=O) groups excluding carboxylic acids is 1. The van der Waals surface area contributed by atoms with Crippen molar-refractivity contribution in [1.82, 2.24) is 9.78 Å². The van der Waals surface area contributed by atoms with Gasteiger partial charge in [0.05, 0.1) is 0 Å². The molecule has 2 aliphatic rings. The highest BCUT2D eigenvalue weighted by atomic mass is 16.2. The first-order chi connectivity index (χ1) is 8.20. The number of carbonyl (C=O) groups is 1. The van der Waals surface area contributed by atoms with Gasteiger partial charge < -0.3 is 5.32 Å². The summed E-state index contributed by atoms with van der Waals surface area (Å²) in [6.07, 6.45) is 5.22. The molecule has 2 fully saturated rings. The summed E-state index contributed by atoms with van der Waals surface area (Å²) in [4.78, 5) is 12.0. The molecule has 2 aliphatic carbocycles. The van der Waals surface area contributed by atoms with Crippen molar-refractivity contribution in [1.29, 1.82) is 5.26 Å². The van der Waals surface area contributed by atoms with Gasteiger partial charge in [-0.3, -0.25) is 9.48 Å². The van der Waals surface area contributed by atoms with E-state index in [1.165, 1.54) is 19.3 Å². The molecule has 2 unspecified atom stereocenters. The van der Waals surface area contributed by atoms with Crippen LogP contribution in [0.1, 0.15) is 24.8 Å². The van der Waals surface area contributed by atoms with Gasteiger partial charge in [-0.05, 0) is 24.7 Å². The molecule has 1 N–H and O–H groups in total. The van der Waals surface area contributed by atoms with E-state index in [4.69, 9.17) is 5.26 Å². The van der Waals surface area contributed by atoms with Gasteiger partial charge in [0.2, 0.25) is 5.91 Å². The first-order valence-electron chi connectivity index (χ1n) is 5.95. The number of fused-ring (bicyclic) bond motifs is 1. The van der Waals surface area contributed by atoms with Gasteiger partial charge in [0.15, 0.2) is 5.82 Å². The lowest BCUT2D eigenvalue weighted by Crippen LogP contribution is -2.17. The zero-order chi connectivity index (χ0) is 12.0. The summed E-state index contributed by atoms with van der Waals surface area (Å²) in [6, 6.07) is 2.03. The molecular weight excluding hydrogens is 216 g/mol. The predicted octanol–water partition coefficient (Wildman–Crippen LogP) is 1.28. The van der Waals surface area contributed by atoms with Crippen LogP contribution in [0.3, 0.4) is 0 Å². The molecule has 5 heteroatoms. The minimum absolute atomic E-state index is 0.0369. The topological polar surface area (TPSA) is 70.7 Å². The van der Waals surface area contributed by atoms with Gasteiger partial charge in [-0.1, -0.05) is 6.42 Å². The average molecular weight is 230 g/mol. The molecule has 1 aromatic rings. The van der Waals surface area contributed by atoms with Crippen molar-refractivity contribution in [3.8, 4) is 6.07 Å². The molecule has 1 aromatic heterocycles. The summed E-state index contributed by atoms with van der Waals surface area (Å²) in [5.41, 5.74) is 0.423. The Morgan fingerprint density at radius 2 is 2.29 bits per heavy atom. The Morgan fingerprint density at radius 3 is 2.94 bits per heavy atom. The van der Waals surface area contributed by atoms with Crippen LogP contribution in [0.5, 0.6) is 0 Å². The van der Waals surface area contributed by atoms with Crippen LogP contribution in [-0.4, -0.2) is 15.7 Å². The van der Waals surface area contributed by atoms with Gasteiger partial charge in [0, 0.05) is 19.2 Å². The predicted molar refractivity (Wildman–Crippen MR) is 60.9 cm³/mol. The Morgan fingerprint density at radius 1 is 1.59 bits per heavy atom. The van der Waals surface area contributed by atoms with Crippen molar-refractivity contribution >= 4 is 11.7 Å². The molecule has 0 bridgehead atoms. The van der Waals surface area contributed by atoms with Crippen LogP contribution in [-0.2, 0) is 11.8 Å². The molecule has 1 amide bonds. The maximum atomic E-state index is 12.0. The molecule has 0 aromatic carbocycles. The highest BCUT2D eigenvalue weighted by molar-refractivity contribution is 5.95. The van der Waals surface area contributed by atoms with E-state index in [9.17, 15) is 4.79 Å². The number of anilines is 1. The highest BCUT2D eigenvalue weighted by Crippen LogP contribution is 2.57. The lowest BCUT2D eigenvalue weighted by molar-refractivity contribution is -0.118. The van der Waals surface area contributed by atoms with Gasteiger partial charge in [-0.2, -0.15) is 10.4 Å². The number of nitrogens with one attached hydrogen (secondary N) is 1. The van der Waals surface area contributed by atoms with E-state index >= 15 is 0 Å². The molecule has 1 heterocycles. The van der Waals surface area contributed by atoms with E-state index in [1.807, 2.05) is 6.07 Å². The number of aromatic nitrogens is 2. The second-order valence-corrected chi connectivity index (χ2v) is 4.95. The van der Waals surface area contributed by atoms with Gasteiger partial charge in [-0.15, -0.1) is 0 Å². The maximum Gasteiger partial charge on any atom is 0.229 e. The molecule has 0 spiro atoms. The second-order valence-electron chi connectivity index (χ2n) is 4.95. The third-order valence-electron chi connectivity index (χ3n) is 3.90. The highest BCUT2D eigenvalue weighted by Gasteiger charge is 2.56. The molecule has 2 atom stereocenters. The van der Waals surface area contributed by atoms with Crippen molar-refractivity contribution in [2.24, 2.45) is 24.8 Å². The minimum Gasteiger partial charge on any atom is -0.308 e. The first-order valence-corrected chi connectivity index (χ1v) is 5.95. The van der Waals surface area contributed by atoms with Crippen LogP contribution in [0.25, 0.3) is 0 Å². The number of rotatable bonds is 2. The fourth-order valence-corrected chi connectivity index (χ4v) is 3.07. The quantitative estimate of drug-likeness (QED) is 0.831. The lowest BCUT2D eigenvalue weighted by atomic mass is 10.1.